The molecule has 0 aromatic rings. The molecule has 0 fully saturated rings. The van der Waals surface area contributed by atoms with Gasteiger partial charge < -0.3 is 28.8 Å². The molecule has 0 aliphatic carbocycles. The Bertz CT molecular complexity index is 1280. The molecule has 3 atom stereocenters. The number of carbonyl (C=O) groups is 1. The van der Waals surface area contributed by atoms with E-state index in [9.17, 15) is 19.4 Å². The second kappa shape index (κ2) is 43.9. The van der Waals surface area contributed by atoms with Gasteiger partial charge in [0, 0.05) is 6.42 Å². The van der Waals surface area contributed by atoms with Gasteiger partial charge in [0.1, 0.15) is 13.2 Å². The first-order valence-corrected chi connectivity index (χ1v) is 26.4. The van der Waals surface area contributed by atoms with Crippen LogP contribution in [0.2, 0.25) is 0 Å². The second-order valence-electron chi connectivity index (χ2n) is 17.8. The lowest BCUT2D eigenvalue weighted by Crippen LogP contribution is -2.45. The average Bonchev–Trinajstić information content (AvgIpc) is 3.23. The fraction of sp³-hybridized carbons (Fsp3) is 0.717. The van der Waals surface area contributed by atoms with Crippen molar-refractivity contribution in [2.75, 3.05) is 40.9 Å². The number of phosphoric ester groups is 1. The fourth-order valence-corrected chi connectivity index (χ4v) is 7.39. The number of phosphoric acid groups is 1. The van der Waals surface area contributed by atoms with Crippen molar-refractivity contribution in [3.05, 3.63) is 85.1 Å². The summed E-state index contributed by atoms with van der Waals surface area (Å²) < 4.78 is 23.2. The molecule has 0 heterocycles. The number of likely N-dealkylation sites (N-methyl/N-ethyl adjacent to an activating group) is 1. The van der Waals surface area contributed by atoms with E-state index in [1.165, 1.54) is 96.3 Å². The predicted octanol–water partition coefficient (Wildman–Crippen LogP) is 13.9. The Hall–Kier alpha value is -2.32. The Morgan fingerprint density at radius 2 is 1.00 bits per heavy atom. The van der Waals surface area contributed by atoms with E-state index in [1.54, 1.807) is 6.08 Å². The lowest BCUT2D eigenvalue weighted by Gasteiger charge is -2.29. The first-order chi connectivity index (χ1) is 30.0. The Labute approximate surface area is 382 Å². The van der Waals surface area contributed by atoms with E-state index in [-0.39, 0.29) is 18.9 Å². The van der Waals surface area contributed by atoms with Crippen LogP contribution in [-0.4, -0.2) is 68.5 Å². The van der Waals surface area contributed by atoms with Gasteiger partial charge in [-0.25, -0.2) is 0 Å². The SMILES string of the molecule is CC/C=C\C/C=C\C/C=C\C/C=C\C/C=C\CCCCCC(=O)NC(COP(=O)([O-])OCC[N+](C)(C)C)C(O)/C=C/CC/C=C/CCCCCCCCCCCCCCCCC. The number of quaternary nitrogens is 1. The molecule has 2 N–H and O–H groups in total. The highest BCUT2D eigenvalue weighted by atomic mass is 31.2. The van der Waals surface area contributed by atoms with Crippen LogP contribution >= 0.6 is 7.82 Å². The molecule has 62 heavy (non-hydrogen) atoms. The smallest absolute Gasteiger partial charge is 0.268 e. The van der Waals surface area contributed by atoms with Crippen LogP contribution in [-0.2, 0) is 18.4 Å². The number of rotatable bonds is 44. The minimum Gasteiger partial charge on any atom is -0.756 e. The van der Waals surface area contributed by atoms with E-state index in [2.05, 4.69) is 92.1 Å². The van der Waals surface area contributed by atoms with E-state index >= 15 is 0 Å². The molecular formula is C53H95N2O6P. The first kappa shape index (κ1) is 59.7. The summed E-state index contributed by atoms with van der Waals surface area (Å²) in [6, 6.07) is -0.926. The van der Waals surface area contributed by atoms with Gasteiger partial charge in [-0.3, -0.25) is 9.36 Å². The molecule has 358 valence electrons. The van der Waals surface area contributed by atoms with Crippen molar-refractivity contribution in [3.8, 4) is 0 Å². The zero-order chi connectivity index (χ0) is 45.7. The van der Waals surface area contributed by atoms with E-state index in [0.29, 0.717) is 17.4 Å². The number of hydrogen-bond acceptors (Lipinski definition) is 6. The average molecular weight is 887 g/mol. The van der Waals surface area contributed by atoms with E-state index < -0.39 is 26.6 Å². The summed E-state index contributed by atoms with van der Waals surface area (Å²) in [7, 11) is 1.21. The predicted molar refractivity (Wildman–Crippen MR) is 265 cm³/mol. The largest absolute Gasteiger partial charge is 0.756 e. The quantitative estimate of drug-likeness (QED) is 0.0273. The third kappa shape index (κ3) is 45.7. The van der Waals surface area contributed by atoms with Gasteiger partial charge in [-0.1, -0.05) is 195 Å². The number of aliphatic hydroxyl groups excluding tert-OH is 1. The summed E-state index contributed by atoms with van der Waals surface area (Å²) in [5.74, 6) is -0.241. The van der Waals surface area contributed by atoms with Crippen LogP contribution in [0.1, 0.15) is 194 Å². The van der Waals surface area contributed by atoms with Crippen molar-refractivity contribution in [1.29, 1.82) is 0 Å². The summed E-state index contributed by atoms with van der Waals surface area (Å²) >= 11 is 0. The normalized spacial score (nSPS) is 14.9. The zero-order valence-corrected chi connectivity index (χ0v) is 41.4. The number of carbonyl (C=O) groups excluding carboxylic acids is 1. The van der Waals surface area contributed by atoms with Gasteiger partial charge in [0.15, 0.2) is 0 Å². The van der Waals surface area contributed by atoms with E-state index in [4.69, 9.17) is 9.05 Å². The van der Waals surface area contributed by atoms with Gasteiger partial charge in [-0.15, -0.1) is 0 Å². The van der Waals surface area contributed by atoms with Crippen molar-refractivity contribution >= 4 is 13.7 Å². The molecule has 0 aliphatic rings. The maximum atomic E-state index is 12.9. The minimum absolute atomic E-state index is 0.0175. The molecule has 1 amide bonds. The summed E-state index contributed by atoms with van der Waals surface area (Å²) in [5, 5.41) is 13.8. The van der Waals surface area contributed by atoms with Crippen molar-refractivity contribution in [2.45, 2.75) is 206 Å². The summed E-state index contributed by atoms with van der Waals surface area (Å²) in [5.41, 5.74) is 0. The number of amides is 1. The zero-order valence-electron chi connectivity index (χ0n) is 40.5. The molecule has 0 aromatic heterocycles. The Morgan fingerprint density at radius 1 is 0.581 bits per heavy atom. The van der Waals surface area contributed by atoms with Gasteiger partial charge in [0.25, 0.3) is 7.82 Å². The van der Waals surface area contributed by atoms with Gasteiger partial charge in [-0.05, 0) is 77.0 Å². The van der Waals surface area contributed by atoms with Gasteiger partial charge in [0.05, 0.1) is 39.9 Å². The number of allylic oxidation sites excluding steroid dienone is 13. The molecule has 0 aromatic carbocycles. The highest BCUT2D eigenvalue weighted by Crippen LogP contribution is 2.38. The summed E-state index contributed by atoms with van der Waals surface area (Å²) in [4.78, 5) is 25.4. The maximum absolute atomic E-state index is 12.9. The third-order valence-corrected chi connectivity index (χ3v) is 11.6. The number of nitrogens with one attached hydrogen (secondary N) is 1. The molecular weight excluding hydrogens is 792 g/mol. The highest BCUT2D eigenvalue weighted by Gasteiger charge is 2.23. The lowest BCUT2D eigenvalue weighted by molar-refractivity contribution is -0.870. The van der Waals surface area contributed by atoms with Crippen molar-refractivity contribution in [3.63, 3.8) is 0 Å². The Balaban J connectivity index is 4.47. The fourth-order valence-electron chi connectivity index (χ4n) is 6.66. The van der Waals surface area contributed by atoms with Gasteiger partial charge >= 0.3 is 0 Å². The summed E-state index contributed by atoms with van der Waals surface area (Å²) in [6.45, 7) is 4.48. The van der Waals surface area contributed by atoms with Crippen LogP contribution in [0.15, 0.2) is 85.1 Å². The van der Waals surface area contributed by atoms with Gasteiger partial charge in [0.2, 0.25) is 5.91 Å². The molecule has 0 spiro atoms. The third-order valence-electron chi connectivity index (χ3n) is 10.6. The molecule has 0 saturated heterocycles. The Kier molecular flexibility index (Phi) is 42.3. The second-order valence-corrected chi connectivity index (χ2v) is 19.2. The highest BCUT2D eigenvalue weighted by molar-refractivity contribution is 7.45. The van der Waals surface area contributed by atoms with Crippen LogP contribution in [0.25, 0.3) is 0 Å². The Morgan fingerprint density at radius 3 is 1.50 bits per heavy atom. The lowest BCUT2D eigenvalue weighted by atomic mass is 10.0. The molecule has 0 rings (SSSR count). The maximum Gasteiger partial charge on any atom is 0.268 e. The van der Waals surface area contributed by atoms with E-state index in [0.717, 1.165) is 70.6 Å². The molecule has 8 nitrogen and oxygen atoms in total. The summed E-state index contributed by atoms with van der Waals surface area (Å²) in [6.07, 6.45) is 60.7. The molecule has 0 aliphatic heterocycles. The molecule has 0 bridgehead atoms. The van der Waals surface area contributed by atoms with Crippen LogP contribution in [0.3, 0.4) is 0 Å². The van der Waals surface area contributed by atoms with Gasteiger partial charge in [-0.2, -0.15) is 0 Å². The number of aliphatic hydroxyl groups is 1. The topological polar surface area (TPSA) is 108 Å². The number of nitrogens with zero attached hydrogens (tertiary/aromatic N) is 1. The van der Waals surface area contributed by atoms with Crippen molar-refractivity contribution < 1.29 is 32.9 Å². The van der Waals surface area contributed by atoms with Crippen LogP contribution in [0.5, 0.6) is 0 Å². The van der Waals surface area contributed by atoms with Crippen molar-refractivity contribution in [1.82, 2.24) is 5.32 Å². The molecule has 0 saturated carbocycles. The monoisotopic (exact) mass is 887 g/mol. The van der Waals surface area contributed by atoms with Crippen molar-refractivity contribution in [2.24, 2.45) is 0 Å². The van der Waals surface area contributed by atoms with Crippen LogP contribution in [0.4, 0.5) is 0 Å². The first-order valence-electron chi connectivity index (χ1n) is 24.9. The van der Waals surface area contributed by atoms with E-state index in [1.807, 2.05) is 27.2 Å². The number of hydrogen-bond donors (Lipinski definition) is 2. The number of unbranched alkanes of at least 4 members (excludes halogenated alkanes) is 19. The van der Waals surface area contributed by atoms with Crippen LogP contribution in [0, 0.1) is 0 Å². The molecule has 9 heteroatoms. The standard InChI is InChI=1S/C53H95N2O6P/c1-6-8-10-12-14-16-18-20-22-24-26-27-29-30-32-34-36-38-40-42-44-46-52(56)51(50-61-62(58,59)60-49-48-55(3,4)5)54-53(57)47-45-43-41-39-37-35-33-31-28-25-23-21-19-17-15-13-11-9-7-2/h9,11,15,17,21,23,28,31,35-38,44,46,51-52,56H,6-8,10,12-14,16,18-20,22,24-27,29-30,32-34,39-43,45,47-50H2,1-5H3,(H-,54,57,58,59)/b11-9-,17-15-,23-21-,31-28-,37-35-,38-36+,46-44+. The van der Waals surface area contributed by atoms with Crippen LogP contribution < -0.4 is 10.2 Å². The molecule has 3 unspecified atom stereocenters. The molecule has 0 radical (unpaired) electrons. The minimum atomic E-state index is -4.62.